The number of benzene rings is 1. The van der Waals surface area contributed by atoms with Crippen LogP contribution in [0.2, 0.25) is 0 Å². The third kappa shape index (κ3) is 5.70. The molecular formula is C24H34O4. The van der Waals surface area contributed by atoms with Crippen molar-refractivity contribution in [1.82, 2.24) is 0 Å². The van der Waals surface area contributed by atoms with Gasteiger partial charge in [-0.05, 0) is 23.0 Å². The molecule has 154 valence electrons. The van der Waals surface area contributed by atoms with Gasteiger partial charge in [-0.3, -0.25) is 4.79 Å². The zero-order chi connectivity index (χ0) is 20.7. The molecule has 2 rings (SSSR count). The van der Waals surface area contributed by atoms with Crippen LogP contribution >= 0.6 is 0 Å². The van der Waals surface area contributed by atoms with Crippen molar-refractivity contribution in [2.24, 2.45) is 0 Å². The lowest BCUT2D eigenvalue weighted by atomic mass is 9.86. The van der Waals surface area contributed by atoms with Gasteiger partial charge >= 0.3 is 5.97 Å². The highest BCUT2D eigenvalue weighted by molar-refractivity contribution is 6.21. The first-order valence-electron chi connectivity index (χ1n) is 10.5. The number of rotatable bonds is 10. The Morgan fingerprint density at radius 3 is 2.14 bits per heavy atom. The zero-order valence-corrected chi connectivity index (χ0v) is 17.7. The highest BCUT2D eigenvalue weighted by atomic mass is 16.6. The van der Waals surface area contributed by atoms with Crippen molar-refractivity contribution in [3.63, 3.8) is 0 Å². The molecule has 0 amide bonds. The summed E-state index contributed by atoms with van der Waals surface area (Å²) in [6, 6.07) is 7.49. The molecular weight excluding hydrogens is 352 g/mol. The second kappa shape index (κ2) is 9.90. The number of cyclic esters (lactones) is 1. The normalized spacial score (nSPS) is 17.1. The number of aliphatic hydroxyl groups excluding tert-OH is 1. The molecule has 0 aromatic heterocycles. The molecule has 1 aliphatic rings. The third-order valence-electron chi connectivity index (χ3n) is 5.29. The van der Waals surface area contributed by atoms with Crippen molar-refractivity contribution in [2.45, 2.75) is 90.6 Å². The van der Waals surface area contributed by atoms with Gasteiger partial charge in [0.25, 0.3) is 0 Å². The van der Waals surface area contributed by atoms with Gasteiger partial charge in [0.1, 0.15) is 5.57 Å². The predicted octanol–water partition coefficient (Wildman–Crippen LogP) is 5.89. The van der Waals surface area contributed by atoms with Crippen LogP contribution in [0.1, 0.15) is 90.2 Å². The lowest BCUT2D eigenvalue weighted by molar-refractivity contribution is -0.146. The molecule has 1 unspecified atom stereocenters. The van der Waals surface area contributed by atoms with Crippen molar-refractivity contribution >= 4 is 17.3 Å². The third-order valence-corrected chi connectivity index (χ3v) is 5.29. The summed E-state index contributed by atoms with van der Waals surface area (Å²) in [6.07, 6.45) is 6.96. The van der Waals surface area contributed by atoms with Crippen LogP contribution in [0.5, 0.6) is 0 Å². The van der Waals surface area contributed by atoms with Crippen LogP contribution in [-0.2, 0) is 19.7 Å². The van der Waals surface area contributed by atoms with Gasteiger partial charge in [0.15, 0.2) is 11.5 Å². The highest BCUT2D eigenvalue weighted by Gasteiger charge is 2.39. The average Bonchev–Trinajstić information content (AvgIpc) is 2.94. The number of aliphatic hydroxyl groups is 1. The van der Waals surface area contributed by atoms with Gasteiger partial charge in [0.2, 0.25) is 6.10 Å². The molecule has 28 heavy (non-hydrogen) atoms. The SMILES string of the molecule is CCCCCCCCCC(=O)C1OC(=O)C(c2ccc(C(C)(C)C)cc2)=C1O. The van der Waals surface area contributed by atoms with Gasteiger partial charge in [0.05, 0.1) is 0 Å². The minimum absolute atomic E-state index is 0.000180. The average molecular weight is 387 g/mol. The summed E-state index contributed by atoms with van der Waals surface area (Å²) in [5.74, 6) is -1.10. The van der Waals surface area contributed by atoms with Crippen LogP contribution in [0.25, 0.3) is 5.57 Å². The van der Waals surface area contributed by atoms with Gasteiger partial charge < -0.3 is 9.84 Å². The molecule has 0 saturated carbocycles. The van der Waals surface area contributed by atoms with Crippen LogP contribution in [-0.4, -0.2) is 23.0 Å². The minimum Gasteiger partial charge on any atom is -0.507 e. The second-order valence-electron chi connectivity index (χ2n) is 8.71. The van der Waals surface area contributed by atoms with E-state index >= 15 is 0 Å². The number of hydrogen-bond acceptors (Lipinski definition) is 4. The Hall–Kier alpha value is -2.10. The van der Waals surface area contributed by atoms with Crippen molar-refractivity contribution in [3.05, 3.63) is 41.2 Å². The Morgan fingerprint density at radius 2 is 1.57 bits per heavy atom. The largest absolute Gasteiger partial charge is 0.507 e. The molecule has 1 aromatic carbocycles. The van der Waals surface area contributed by atoms with Gasteiger partial charge in [-0.15, -0.1) is 0 Å². The smallest absolute Gasteiger partial charge is 0.343 e. The van der Waals surface area contributed by atoms with Gasteiger partial charge in [0, 0.05) is 6.42 Å². The first kappa shape index (κ1) is 22.2. The number of Topliss-reactive ketones (excluding diaryl/α,β-unsaturated/α-hetero) is 1. The van der Waals surface area contributed by atoms with E-state index in [9.17, 15) is 14.7 Å². The first-order chi connectivity index (χ1) is 13.3. The molecule has 4 heteroatoms. The summed E-state index contributed by atoms with van der Waals surface area (Å²) in [7, 11) is 0. The summed E-state index contributed by atoms with van der Waals surface area (Å²) < 4.78 is 5.20. The maximum atomic E-state index is 12.4. The Morgan fingerprint density at radius 1 is 1.00 bits per heavy atom. The molecule has 1 aromatic rings. The Kier molecular flexibility index (Phi) is 7.85. The first-order valence-corrected chi connectivity index (χ1v) is 10.5. The van der Waals surface area contributed by atoms with Crippen molar-refractivity contribution in [3.8, 4) is 0 Å². The number of ketones is 1. The summed E-state index contributed by atoms with van der Waals surface area (Å²) in [4.78, 5) is 24.7. The minimum atomic E-state index is -1.15. The molecule has 1 atom stereocenters. The van der Waals surface area contributed by atoms with E-state index in [-0.39, 0.29) is 22.5 Å². The molecule has 4 nitrogen and oxygen atoms in total. The standard InChI is InChI=1S/C24H34O4/c1-5-6-7-8-9-10-11-12-19(25)22-21(26)20(23(27)28-22)17-13-15-18(16-14-17)24(2,3)4/h13-16,22,26H,5-12H2,1-4H3. The molecule has 1 heterocycles. The Labute approximate surface area is 169 Å². The molecule has 0 saturated heterocycles. The molecule has 1 N–H and O–H groups in total. The highest BCUT2D eigenvalue weighted by Crippen LogP contribution is 2.32. The van der Waals surface area contributed by atoms with E-state index < -0.39 is 12.1 Å². The summed E-state index contributed by atoms with van der Waals surface area (Å²) in [6.45, 7) is 8.53. The molecule has 0 fully saturated rings. The van der Waals surface area contributed by atoms with Crippen LogP contribution in [0.3, 0.4) is 0 Å². The maximum absolute atomic E-state index is 12.4. The monoisotopic (exact) mass is 386 g/mol. The van der Waals surface area contributed by atoms with Gasteiger partial charge in [-0.25, -0.2) is 4.79 Å². The van der Waals surface area contributed by atoms with E-state index in [4.69, 9.17) is 4.74 Å². The van der Waals surface area contributed by atoms with E-state index in [0.717, 1.165) is 24.8 Å². The van der Waals surface area contributed by atoms with Crippen molar-refractivity contribution < 1.29 is 19.4 Å². The van der Waals surface area contributed by atoms with E-state index in [0.29, 0.717) is 12.0 Å². The van der Waals surface area contributed by atoms with E-state index in [1.165, 1.54) is 25.7 Å². The van der Waals surface area contributed by atoms with Crippen molar-refractivity contribution in [1.29, 1.82) is 0 Å². The fraction of sp³-hybridized carbons (Fsp3) is 0.583. The van der Waals surface area contributed by atoms with Crippen molar-refractivity contribution in [2.75, 3.05) is 0 Å². The van der Waals surface area contributed by atoms with Crippen LogP contribution in [0.15, 0.2) is 30.0 Å². The van der Waals surface area contributed by atoms with Gasteiger partial charge in [-0.2, -0.15) is 0 Å². The fourth-order valence-corrected chi connectivity index (χ4v) is 3.47. The molecule has 1 aliphatic heterocycles. The lowest BCUT2D eigenvalue weighted by Crippen LogP contribution is -2.23. The summed E-state index contributed by atoms with van der Waals surface area (Å²) >= 11 is 0. The topological polar surface area (TPSA) is 63.6 Å². The summed E-state index contributed by atoms with van der Waals surface area (Å²) in [5.41, 5.74) is 1.83. The Bertz CT molecular complexity index is 707. The zero-order valence-electron chi connectivity index (χ0n) is 17.7. The number of ether oxygens (including phenoxy) is 1. The lowest BCUT2D eigenvalue weighted by Gasteiger charge is -2.19. The second-order valence-corrected chi connectivity index (χ2v) is 8.71. The van der Waals surface area contributed by atoms with E-state index in [1.54, 1.807) is 12.1 Å². The molecule has 0 radical (unpaired) electrons. The Balaban J connectivity index is 1.96. The predicted molar refractivity (Wildman–Crippen MR) is 112 cm³/mol. The van der Waals surface area contributed by atoms with Crippen LogP contribution in [0.4, 0.5) is 0 Å². The fourth-order valence-electron chi connectivity index (χ4n) is 3.47. The number of unbranched alkanes of at least 4 members (excludes halogenated alkanes) is 6. The van der Waals surface area contributed by atoms with Gasteiger partial charge in [-0.1, -0.05) is 90.5 Å². The van der Waals surface area contributed by atoms with Crippen LogP contribution < -0.4 is 0 Å². The van der Waals surface area contributed by atoms with E-state index in [1.807, 2.05) is 12.1 Å². The number of carbonyl (C=O) groups is 2. The maximum Gasteiger partial charge on any atom is 0.343 e. The number of esters is 1. The molecule has 0 aliphatic carbocycles. The van der Waals surface area contributed by atoms with Crippen LogP contribution in [0, 0.1) is 0 Å². The summed E-state index contributed by atoms with van der Waals surface area (Å²) in [5, 5.41) is 10.5. The quantitative estimate of drug-likeness (QED) is 0.402. The van der Waals surface area contributed by atoms with E-state index in [2.05, 4.69) is 27.7 Å². The molecule has 0 spiro atoms. The number of carbonyl (C=O) groups excluding carboxylic acids is 2. The number of hydrogen-bond donors (Lipinski definition) is 1. The molecule has 0 bridgehead atoms.